The monoisotopic (exact) mass is 359 g/mol. The number of aryl methyl sites for hydroxylation is 1. The Labute approximate surface area is 155 Å². The number of benzene rings is 2. The Morgan fingerprint density at radius 3 is 2.42 bits per heavy atom. The van der Waals surface area contributed by atoms with E-state index in [-0.39, 0.29) is 5.91 Å². The Bertz CT molecular complexity index is 1100. The summed E-state index contributed by atoms with van der Waals surface area (Å²) in [4.78, 5) is 22.2. The molecular weight excluding hydrogens is 342 g/mol. The second kappa shape index (κ2) is 6.69. The van der Waals surface area contributed by atoms with Gasteiger partial charge in [0.1, 0.15) is 0 Å². The van der Waals surface area contributed by atoms with Crippen molar-refractivity contribution < 1.29 is 4.79 Å². The van der Waals surface area contributed by atoms with E-state index in [1.54, 1.807) is 0 Å². The molecule has 128 valence electrons. The second-order valence-corrected chi connectivity index (χ2v) is 6.95. The van der Waals surface area contributed by atoms with Gasteiger partial charge in [-0.1, -0.05) is 48.5 Å². The van der Waals surface area contributed by atoms with E-state index in [2.05, 4.69) is 10.3 Å². The molecule has 4 aromatic rings. The summed E-state index contributed by atoms with van der Waals surface area (Å²) in [6.07, 6.45) is 0. The van der Waals surface area contributed by atoms with Crippen molar-refractivity contribution in [2.75, 3.05) is 5.32 Å². The fourth-order valence-corrected chi connectivity index (χ4v) is 3.73. The topological polar surface area (TPSA) is 54.9 Å². The fourth-order valence-electron chi connectivity index (χ4n) is 3.05. The molecule has 26 heavy (non-hydrogen) atoms. The lowest BCUT2D eigenvalue weighted by molar-refractivity contribution is 0.102. The van der Waals surface area contributed by atoms with E-state index >= 15 is 0 Å². The number of thiazole rings is 1. The van der Waals surface area contributed by atoms with Crippen LogP contribution < -0.4 is 5.32 Å². The first-order valence-electron chi connectivity index (χ1n) is 8.32. The Hall–Kier alpha value is -3.05. The molecule has 2 heterocycles. The van der Waals surface area contributed by atoms with Gasteiger partial charge in [0.25, 0.3) is 5.91 Å². The number of amides is 1. The average Bonchev–Trinajstić information content (AvgIpc) is 3.06. The van der Waals surface area contributed by atoms with E-state index in [1.165, 1.54) is 11.3 Å². The van der Waals surface area contributed by atoms with Crippen molar-refractivity contribution in [1.29, 1.82) is 0 Å². The Morgan fingerprint density at radius 2 is 1.69 bits per heavy atom. The van der Waals surface area contributed by atoms with Crippen molar-refractivity contribution in [2.45, 2.75) is 13.8 Å². The quantitative estimate of drug-likeness (QED) is 0.545. The first-order valence-corrected chi connectivity index (χ1v) is 9.19. The molecule has 0 bridgehead atoms. The number of nitrogens with zero attached hydrogens (tertiary/aromatic N) is 2. The molecule has 0 aliphatic heterocycles. The summed E-state index contributed by atoms with van der Waals surface area (Å²) >= 11 is 1.43. The highest BCUT2D eigenvalue weighted by atomic mass is 32.1. The van der Waals surface area contributed by atoms with Crippen LogP contribution in [0.3, 0.4) is 0 Å². The zero-order valence-electron chi connectivity index (χ0n) is 14.5. The molecule has 5 heteroatoms. The lowest BCUT2D eigenvalue weighted by Crippen LogP contribution is -2.15. The number of fused-ring (bicyclic) bond motifs is 1. The van der Waals surface area contributed by atoms with E-state index in [0.717, 1.165) is 33.4 Å². The highest BCUT2D eigenvalue weighted by molar-refractivity contribution is 7.13. The van der Waals surface area contributed by atoms with Crippen LogP contribution in [0, 0.1) is 13.8 Å². The minimum absolute atomic E-state index is 0.160. The van der Waals surface area contributed by atoms with Gasteiger partial charge in [0.05, 0.1) is 22.5 Å². The van der Waals surface area contributed by atoms with E-state index in [4.69, 9.17) is 4.98 Å². The predicted octanol–water partition coefficient (Wildman–Crippen LogP) is 5.23. The van der Waals surface area contributed by atoms with E-state index in [1.807, 2.05) is 73.8 Å². The molecule has 0 aliphatic carbocycles. The molecule has 0 fully saturated rings. The van der Waals surface area contributed by atoms with Gasteiger partial charge < -0.3 is 0 Å². The van der Waals surface area contributed by atoms with Crippen molar-refractivity contribution in [1.82, 2.24) is 9.97 Å². The van der Waals surface area contributed by atoms with Gasteiger partial charge in [-0.2, -0.15) is 0 Å². The van der Waals surface area contributed by atoms with Crippen LogP contribution in [0.1, 0.15) is 21.6 Å². The van der Waals surface area contributed by atoms with Crippen LogP contribution in [0.15, 0.2) is 60.0 Å². The number of hydrogen-bond donors (Lipinski definition) is 1. The minimum atomic E-state index is -0.160. The van der Waals surface area contributed by atoms with Crippen molar-refractivity contribution in [3.63, 3.8) is 0 Å². The third-order valence-corrected chi connectivity index (χ3v) is 5.13. The zero-order chi connectivity index (χ0) is 18.1. The number of rotatable bonds is 3. The normalized spacial score (nSPS) is 10.8. The molecule has 1 amide bonds. The summed E-state index contributed by atoms with van der Waals surface area (Å²) in [5, 5.41) is 6.30. The first kappa shape index (κ1) is 16.4. The van der Waals surface area contributed by atoms with Crippen LogP contribution in [0.4, 0.5) is 5.13 Å². The van der Waals surface area contributed by atoms with E-state index in [0.29, 0.717) is 10.7 Å². The molecular formula is C21H17N3OS. The van der Waals surface area contributed by atoms with Crippen LogP contribution in [0.25, 0.3) is 22.2 Å². The molecule has 4 rings (SSSR count). The van der Waals surface area contributed by atoms with Gasteiger partial charge in [-0.05, 0) is 25.5 Å². The maximum Gasteiger partial charge on any atom is 0.258 e. The SMILES string of the molecule is Cc1csc(NC(=O)c2c(C)c(-c3ccccc3)nc3ccccc23)n1. The summed E-state index contributed by atoms with van der Waals surface area (Å²) in [5.41, 5.74) is 5.02. The van der Waals surface area contributed by atoms with Gasteiger partial charge in [0, 0.05) is 16.3 Å². The largest absolute Gasteiger partial charge is 0.298 e. The second-order valence-electron chi connectivity index (χ2n) is 6.09. The Kier molecular flexibility index (Phi) is 4.22. The number of carbonyl (C=O) groups is 1. The van der Waals surface area contributed by atoms with Gasteiger partial charge in [-0.15, -0.1) is 11.3 Å². The molecule has 2 aromatic carbocycles. The number of carbonyl (C=O) groups excluding carboxylic acids is 1. The molecule has 0 saturated carbocycles. The summed E-state index contributed by atoms with van der Waals surface area (Å²) in [6, 6.07) is 17.7. The van der Waals surface area contributed by atoms with Crippen LogP contribution in [-0.2, 0) is 0 Å². The summed E-state index contributed by atoms with van der Waals surface area (Å²) in [6.45, 7) is 3.86. The van der Waals surface area contributed by atoms with Crippen LogP contribution in [-0.4, -0.2) is 15.9 Å². The highest BCUT2D eigenvalue weighted by Gasteiger charge is 2.19. The first-order chi connectivity index (χ1) is 12.6. The van der Waals surface area contributed by atoms with Gasteiger partial charge in [-0.3, -0.25) is 10.1 Å². The fraction of sp³-hybridized carbons (Fsp3) is 0.0952. The molecule has 1 N–H and O–H groups in total. The van der Waals surface area contributed by atoms with Gasteiger partial charge in [0.15, 0.2) is 5.13 Å². The number of aromatic nitrogens is 2. The summed E-state index contributed by atoms with van der Waals surface area (Å²) in [7, 11) is 0. The number of anilines is 1. The summed E-state index contributed by atoms with van der Waals surface area (Å²) < 4.78 is 0. The van der Waals surface area contributed by atoms with Gasteiger partial charge >= 0.3 is 0 Å². The van der Waals surface area contributed by atoms with Crippen LogP contribution in [0.5, 0.6) is 0 Å². The predicted molar refractivity (Wildman–Crippen MR) is 107 cm³/mol. The third kappa shape index (κ3) is 2.97. The molecule has 0 aliphatic rings. The van der Waals surface area contributed by atoms with Gasteiger partial charge in [-0.25, -0.2) is 9.97 Å². The number of para-hydroxylation sites is 1. The zero-order valence-corrected chi connectivity index (χ0v) is 15.3. The van der Waals surface area contributed by atoms with Crippen molar-refractivity contribution in [3.05, 3.63) is 76.8 Å². The maximum absolute atomic E-state index is 13.1. The summed E-state index contributed by atoms with van der Waals surface area (Å²) in [5.74, 6) is -0.160. The van der Waals surface area contributed by atoms with E-state index < -0.39 is 0 Å². The van der Waals surface area contributed by atoms with E-state index in [9.17, 15) is 4.79 Å². The van der Waals surface area contributed by atoms with Gasteiger partial charge in [0.2, 0.25) is 0 Å². The molecule has 0 atom stereocenters. The van der Waals surface area contributed by atoms with Crippen molar-refractivity contribution in [2.24, 2.45) is 0 Å². The molecule has 2 aromatic heterocycles. The lowest BCUT2D eigenvalue weighted by Gasteiger charge is -2.14. The highest BCUT2D eigenvalue weighted by Crippen LogP contribution is 2.30. The van der Waals surface area contributed by atoms with Crippen molar-refractivity contribution >= 4 is 33.3 Å². The number of nitrogens with one attached hydrogen (secondary N) is 1. The molecule has 0 unspecified atom stereocenters. The minimum Gasteiger partial charge on any atom is -0.298 e. The molecule has 0 radical (unpaired) electrons. The molecule has 0 spiro atoms. The van der Waals surface area contributed by atoms with Crippen molar-refractivity contribution in [3.8, 4) is 11.3 Å². The van der Waals surface area contributed by atoms with Crippen LogP contribution >= 0.6 is 11.3 Å². The lowest BCUT2D eigenvalue weighted by atomic mass is 9.97. The number of pyridine rings is 1. The number of hydrogen-bond acceptors (Lipinski definition) is 4. The maximum atomic E-state index is 13.1. The Morgan fingerprint density at radius 1 is 0.962 bits per heavy atom. The molecule has 4 nitrogen and oxygen atoms in total. The smallest absolute Gasteiger partial charge is 0.258 e. The average molecular weight is 359 g/mol. The third-order valence-electron chi connectivity index (χ3n) is 4.25. The molecule has 0 saturated heterocycles. The Balaban J connectivity index is 1.89. The van der Waals surface area contributed by atoms with Crippen LogP contribution in [0.2, 0.25) is 0 Å². The standard InChI is InChI=1S/C21H17N3OS/c1-13-12-26-21(22-13)24-20(25)18-14(2)19(15-8-4-3-5-9-15)23-17-11-7-6-10-16(17)18/h3-12H,1-2H3,(H,22,24,25).